The number of aromatic nitrogens is 1. The van der Waals surface area contributed by atoms with Gasteiger partial charge in [-0.2, -0.15) is 0 Å². The van der Waals surface area contributed by atoms with E-state index in [-0.39, 0.29) is 0 Å². The lowest BCUT2D eigenvalue weighted by atomic mass is 10.1. The van der Waals surface area contributed by atoms with Gasteiger partial charge in [-0.15, -0.1) is 0 Å². The van der Waals surface area contributed by atoms with Crippen molar-refractivity contribution in [3.05, 3.63) is 54.8 Å². The van der Waals surface area contributed by atoms with Crippen molar-refractivity contribution in [2.75, 3.05) is 0 Å². The van der Waals surface area contributed by atoms with E-state index < -0.39 is 0 Å². The van der Waals surface area contributed by atoms with E-state index in [9.17, 15) is 0 Å². The van der Waals surface area contributed by atoms with Gasteiger partial charge in [0.1, 0.15) is 5.58 Å². The zero-order valence-electron chi connectivity index (χ0n) is 9.05. The van der Waals surface area contributed by atoms with Crippen molar-refractivity contribution in [1.29, 1.82) is 0 Å². The standard InChI is InChI=1S/C15H9NO/c1-3-10-9-12-11-4-2-8-17-15(11)7-6-14(12)16-13(10)5-1/h1-9H. The highest BCUT2D eigenvalue weighted by molar-refractivity contribution is 6.07. The van der Waals surface area contributed by atoms with Gasteiger partial charge in [-0.1, -0.05) is 12.1 Å². The summed E-state index contributed by atoms with van der Waals surface area (Å²) in [5.41, 5.74) is 2.95. The lowest BCUT2D eigenvalue weighted by molar-refractivity contribution is 0.604. The summed E-state index contributed by atoms with van der Waals surface area (Å²) < 4.78 is 5.49. The summed E-state index contributed by atoms with van der Waals surface area (Å²) in [7, 11) is 0. The monoisotopic (exact) mass is 219 g/mol. The predicted molar refractivity (Wildman–Crippen MR) is 69.0 cm³/mol. The van der Waals surface area contributed by atoms with E-state index in [1.165, 1.54) is 5.39 Å². The highest BCUT2D eigenvalue weighted by Crippen LogP contribution is 2.27. The summed E-state index contributed by atoms with van der Waals surface area (Å²) in [4.78, 5) is 4.65. The molecule has 2 heterocycles. The van der Waals surface area contributed by atoms with Crippen LogP contribution in [0.1, 0.15) is 0 Å². The molecule has 0 N–H and O–H groups in total. The average Bonchev–Trinajstić information content (AvgIpc) is 2.83. The van der Waals surface area contributed by atoms with E-state index in [1.807, 2.05) is 30.3 Å². The molecule has 0 unspecified atom stereocenters. The molecular weight excluding hydrogens is 210 g/mol. The lowest BCUT2D eigenvalue weighted by Gasteiger charge is -2.02. The molecule has 80 valence electrons. The highest BCUT2D eigenvalue weighted by Gasteiger charge is 2.04. The Morgan fingerprint density at radius 3 is 2.82 bits per heavy atom. The van der Waals surface area contributed by atoms with E-state index in [0.717, 1.165) is 27.4 Å². The topological polar surface area (TPSA) is 26.0 Å². The summed E-state index contributed by atoms with van der Waals surface area (Å²) >= 11 is 0. The maximum Gasteiger partial charge on any atom is 0.134 e. The van der Waals surface area contributed by atoms with Crippen molar-refractivity contribution < 1.29 is 4.42 Å². The second-order valence-corrected chi connectivity index (χ2v) is 4.15. The van der Waals surface area contributed by atoms with Crippen LogP contribution in [0, 0.1) is 0 Å². The SMILES string of the molecule is c1cc2cc3c(ccc4occcc43)nc2c1. The van der Waals surface area contributed by atoms with Crippen molar-refractivity contribution in [2.45, 2.75) is 0 Å². The molecule has 0 saturated carbocycles. The largest absolute Gasteiger partial charge is 0.464 e. The van der Waals surface area contributed by atoms with Crippen LogP contribution in [-0.4, -0.2) is 4.98 Å². The van der Waals surface area contributed by atoms with E-state index in [0.29, 0.717) is 0 Å². The normalized spacial score (nSPS) is 11.5. The fraction of sp³-hybridized carbons (Fsp3) is 0. The van der Waals surface area contributed by atoms with Gasteiger partial charge < -0.3 is 4.42 Å². The first kappa shape index (κ1) is 8.76. The van der Waals surface area contributed by atoms with Gasteiger partial charge >= 0.3 is 0 Å². The zero-order valence-corrected chi connectivity index (χ0v) is 9.05. The molecule has 0 aliphatic rings. The summed E-state index contributed by atoms with van der Waals surface area (Å²) in [5.74, 6) is 0. The summed E-state index contributed by atoms with van der Waals surface area (Å²) in [6.45, 7) is 0. The second kappa shape index (κ2) is 3.08. The second-order valence-electron chi connectivity index (χ2n) is 4.15. The zero-order chi connectivity index (χ0) is 11.2. The Labute approximate surface area is 97.5 Å². The molecule has 0 fully saturated rings. The molecule has 2 aromatic heterocycles. The van der Waals surface area contributed by atoms with E-state index >= 15 is 0 Å². The molecule has 0 saturated heterocycles. The third-order valence-electron chi connectivity index (χ3n) is 3.13. The molecule has 0 amide bonds. The van der Waals surface area contributed by atoms with E-state index in [1.54, 1.807) is 6.26 Å². The van der Waals surface area contributed by atoms with Gasteiger partial charge in [0.15, 0.2) is 0 Å². The summed E-state index contributed by atoms with van der Waals surface area (Å²) in [6.07, 6.45) is 1.70. The predicted octanol–water partition coefficient (Wildman–Crippen LogP) is 4.13. The van der Waals surface area contributed by atoms with Crippen molar-refractivity contribution in [2.24, 2.45) is 0 Å². The van der Waals surface area contributed by atoms with Crippen LogP contribution in [0.2, 0.25) is 0 Å². The van der Waals surface area contributed by atoms with Gasteiger partial charge in [0.25, 0.3) is 0 Å². The lowest BCUT2D eigenvalue weighted by Crippen LogP contribution is -1.81. The molecule has 2 heteroatoms. The summed E-state index contributed by atoms with van der Waals surface area (Å²) in [6, 6.07) is 16.3. The molecule has 2 nitrogen and oxygen atoms in total. The van der Waals surface area contributed by atoms with Crippen molar-refractivity contribution in [1.82, 2.24) is 4.98 Å². The number of nitrogens with zero attached hydrogens (tertiary/aromatic N) is 1. The minimum Gasteiger partial charge on any atom is -0.464 e. The van der Waals surface area contributed by atoms with Crippen LogP contribution in [0.15, 0.2) is 59.2 Å². The van der Waals surface area contributed by atoms with Gasteiger partial charge in [-0.05, 0) is 36.4 Å². The quantitative estimate of drug-likeness (QED) is 0.415. The first-order chi connectivity index (χ1) is 8.42. The molecule has 0 atom stereocenters. The van der Waals surface area contributed by atoms with E-state index in [4.69, 9.17) is 4.42 Å². The summed E-state index contributed by atoms with van der Waals surface area (Å²) in [5, 5.41) is 3.43. The van der Waals surface area contributed by atoms with Crippen LogP contribution < -0.4 is 0 Å². The minimum absolute atomic E-state index is 0.896. The van der Waals surface area contributed by atoms with E-state index in [2.05, 4.69) is 23.2 Å². The highest BCUT2D eigenvalue weighted by atomic mass is 16.3. The molecule has 0 aliphatic carbocycles. The van der Waals surface area contributed by atoms with Gasteiger partial charge in [0.2, 0.25) is 0 Å². The van der Waals surface area contributed by atoms with Crippen LogP contribution in [0.25, 0.3) is 32.8 Å². The Morgan fingerprint density at radius 2 is 1.82 bits per heavy atom. The van der Waals surface area contributed by atoms with Gasteiger partial charge in [-0.25, -0.2) is 4.98 Å². The Balaban J connectivity index is 2.30. The first-order valence-electron chi connectivity index (χ1n) is 5.57. The average molecular weight is 219 g/mol. The molecule has 0 radical (unpaired) electrons. The van der Waals surface area contributed by atoms with Crippen LogP contribution in [-0.2, 0) is 0 Å². The van der Waals surface area contributed by atoms with Gasteiger partial charge in [0, 0.05) is 16.2 Å². The van der Waals surface area contributed by atoms with Crippen molar-refractivity contribution >= 4 is 32.8 Å². The van der Waals surface area contributed by atoms with Crippen LogP contribution in [0.5, 0.6) is 0 Å². The number of rotatable bonds is 0. The molecule has 17 heavy (non-hydrogen) atoms. The Kier molecular flexibility index (Phi) is 1.59. The van der Waals surface area contributed by atoms with Crippen LogP contribution in [0.4, 0.5) is 0 Å². The Morgan fingerprint density at radius 1 is 0.824 bits per heavy atom. The maximum atomic E-state index is 5.49. The smallest absolute Gasteiger partial charge is 0.134 e. The van der Waals surface area contributed by atoms with Crippen molar-refractivity contribution in [3.8, 4) is 0 Å². The fourth-order valence-corrected chi connectivity index (χ4v) is 2.31. The molecular formula is C15H9NO. The third-order valence-corrected chi connectivity index (χ3v) is 3.13. The number of pyridine rings is 1. The van der Waals surface area contributed by atoms with Crippen molar-refractivity contribution in [3.63, 3.8) is 0 Å². The van der Waals surface area contributed by atoms with Crippen LogP contribution >= 0.6 is 0 Å². The molecule has 2 aromatic carbocycles. The third kappa shape index (κ3) is 1.18. The Hall–Kier alpha value is -2.35. The Bertz CT molecular complexity index is 845. The molecule has 0 aliphatic heterocycles. The molecule has 4 rings (SSSR count). The van der Waals surface area contributed by atoms with Gasteiger partial charge in [-0.3, -0.25) is 0 Å². The minimum atomic E-state index is 0.896. The molecule has 0 bridgehead atoms. The first-order valence-corrected chi connectivity index (χ1v) is 5.57. The van der Waals surface area contributed by atoms with Crippen LogP contribution in [0.3, 0.4) is 0 Å². The molecule has 4 aromatic rings. The maximum absolute atomic E-state index is 5.49. The fourth-order valence-electron chi connectivity index (χ4n) is 2.31. The molecule has 0 spiro atoms. The number of benzene rings is 1. The number of fused-ring (bicyclic) bond motifs is 4. The number of hydrogen-bond acceptors (Lipinski definition) is 2. The number of hydrogen-bond donors (Lipinski definition) is 0. The van der Waals surface area contributed by atoms with Gasteiger partial charge in [0.05, 0.1) is 17.3 Å².